The maximum absolute atomic E-state index is 9.88. The van der Waals surface area contributed by atoms with Gasteiger partial charge in [0.05, 0.1) is 17.4 Å². The highest BCUT2D eigenvalue weighted by atomic mass is 32.1. The van der Waals surface area contributed by atoms with E-state index in [9.17, 15) is 5.11 Å². The van der Waals surface area contributed by atoms with E-state index < -0.39 is 6.10 Å². The van der Waals surface area contributed by atoms with E-state index in [-0.39, 0.29) is 0 Å². The van der Waals surface area contributed by atoms with Crippen molar-refractivity contribution in [3.8, 4) is 0 Å². The zero-order valence-electron chi connectivity index (χ0n) is 7.79. The molecule has 5 heteroatoms. The van der Waals surface area contributed by atoms with Crippen LogP contribution in [0.2, 0.25) is 0 Å². The summed E-state index contributed by atoms with van der Waals surface area (Å²) in [6.07, 6.45) is 2.86. The third-order valence-electron chi connectivity index (χ3n) is 2.02. The van der Waals surface area contributed by atoms with Crippen LogP contribution < -0.4 is 0 Å². The largest absolute Gasteiger partial charge is 0.382 e. The number of hydrogen-bond donors (Lipinski definition) is 1. The lowest BCUT2D eigenvalue weighted by Gasteiger charge is -2.03. The molecule has 14 heavy (non-hydrogen) atoms. The smallest absolute Gasteiger partial charge is 0.125 e. The molecular weight excluding hydrogens is 198 g/mol. The Kier molecular flexibility index (Phi) is 2.60. The second-order valence-electron chi connectivity index (χ2n) is 2.95. The van der Waals surface area contributed by atoms with Gasteiger partial charge in [-0.1, -0.05) is 0 Å². The van der Waals surface area contributed by atoms with E-state index in [1.165, 1.54) is 11.3 Å². The summed E-state index contributed by atoms with van der Waals surface area (Å²) in [5.41, 5.74) is 3.19. The zero-order valence-corrected chi connectivity index (χ0v) is 8.61. The summed E-state index contributed by atoms with van der Waals surface area (Å²) in [6, 6.07) is 0. The van der Waals surface area contributed by atoms with Crippen molar-refractivity contribution in [2.24, 2.45) is 0 Å². The summed E-state index contributed by atoms with van der Waals surface area (Å²) in [5.74, 6) is 0. The Bertz CT molecular complexity index is 396. The first-order chi connectivity index (χ1) is 6.81. The van der Waals surface area contributed by atoms with Gasteiger partial charge in [0, 0.05) is 23.7 Å². The first-order valence-corrected chi connectivity index (χ1v) is 5.34. The Morgan fingerprint density at radius 3 is 3.07 bits per heavy atom. The number of aliphatic hydroxyl groups excluding tert-OH is 1. The van der Waals surface area contributed by atoms with Crippen LogP contribution in [0.5, 0.6) is 0 Å². The van der Waals surface area contributed by atoms with E-state index in [1.54, 1.807) is 16.4 Å². The minimum atomic E-state index is -0.651. The fourth-order valence-corrected chi connectivity index (χ4v) is 1.79. The van der Waals surface area contributed by atoms with Crippen molar-refractivity contribution in [2.45, 2.75) is 19.6 Å². The molecule has 0 aliphatic carbocycles. The molecule has 0 fully saturated rings. The van der Waals surface area contributed by atoms with Crippen LogP contribution in [0.1, 0.15) is 24.3 Å². The summed E-state index contributed by atoms with van der Waals surface area (Å²) in [7, 11) is 0. The molecule has 0 amide bonds. The van der Waals surface area contributed by atoms with Gasteiger partial charge in [-0.15, -0.1) is 11.3 Å². The number of aliphatic hydroxyl groups is 1. The van der Waals surface area contributed by atoms with Crippen LogP contribution in [0.25, 0.3) is 0 Å². The SMILES string of the molecule is CCn1cc(C(O)c2cscn2)cn1. The van der Waals surface area contributed by atoms with E-state index in [0.29, 0.717) is 5.69 Å². The van der Waals surface area contributed by atoms with Gasteiger partial charge in [0.1, 0.15) is 6.10 Å². The van der Waals surface area contributed by atoms with Gasteiger partial charge in [0.25, 0.3) is 0 Å². The lowest BCUT2D eigenvalue weighted by molar-refractivity contribution is 0.216. The van der Waals surface area contributed by atoms with Gasteiger partial charge in [-0.2, -0.15) is 5.10 Å². The molecule has 1 atom stereocenters. The minimum Gasteiger partial charge on any atom is -0.382 e. The van der Waals surface area contributed by atoms with Gasteiger partial charge in [-0.05, 0) is 6.92 Å². The van der Waals surface area contributed by atoms with Crippen molar-refractivity contribution in [3.05, 3.63) is 34.5 Å². The summed E-state index contributed by atoms with van der Waals surface area (Å²) >= 11 is 1.48. The molecule has 1 unspecified atom stereocenters. The second kappa shape index (κ2) is 3.89. The molecule has 0 aliphatic heterocycles. The van der Waals surface area contributed by atoms with Gasteiger partial charge in [-0.3, -0.25) is 4.68 Å². The first kappa shape index (κ1) is 9.36. The van der Waals surface area contributed by atoms with E-state index in [2.05, 4.69) is 10.1 Å². The van der Waals surface area contributed by atoms with Crippen LogP contribution >= 0.6 is 11.3 Å². The fraction of sp³-hybridized carbons (Fsp3) is 0.333. The quantitative estimate of drug-likeness (QED) is 0.832. The van der Waals surface area contributed by atoms with Crippen LogP contribution in [-0.2, 0) is 6.54 Å². The molecule has 0 saturated heterocycles. The van der Waals surface area contributed by atoms with Gasteiger partial charge >= 0.3 is 0 Å². The minimum absolute atomic E-state index is 0.651. The molecule has 0 spiro atoms. The fourth-order valence-electron chi connectivity index (χ4n) is 1.22. The number of aryl methyl sites for hydroxylation is 1. The molecule has 0 aromatic carbocycles. The molecule has 2 aromatic rings. The van der Waals surface area contributed by atoms with Crippen molar-refractivity contribution >= 4 is 11.3 Å². The molecular formula is C9H11N3OS. The lowest BCUT2D eigenvalue weighted by atomic mass is 10.2. The maximum atomic E-state index is 9.88. The van der Waals surface area contributed by atoms with Crippen molar-refractivity contribution in [1.82, 2.24) is 14.8 Å². The molecule has 2 heterocycles. The normalized spacial score (nSPS) is 13.0. The maximum Gasteiger partial charge on any atom is 0.125 e. The van der Waals surface area contributed by atoms with Gasteiger partial charge in [0.2, 0.25) is 0 Å². The first-order valence-electron chi connectivity index (χ1n) is 4.39. The summed E-state index contributed by atoms with van der Waals surface area (Å²) in [4.78, 5) is 4.06. The average Bonchev–Trinajstić information content (AvgIpc) is 2.88. The number of rotatable bonds is 3. The monoisotopic (exact) mass is 209 g/mol. The van der Waals surface area contributed by atoms with Crippen molar-refractivity contribution in [3.63, 3.8) is 0 Å². The van der Waals surface area contributed by atoms with Crippen molar-refractivity contribution < 1.29 is 5.11 Å². The predicted molar refractivity (Wildman–Crippen MR) is 54.1 cm³/mol. The predicted octanol–water partition coefficient (Wildman–Crippen LogP) is 1.44. The van der Waals surface area contributed by atoms with Gasteiger partial charge < -0.3 is 5.11 Å². The highest BCUT2D eigenvalue weighted by molar-refractivity contribution is 7.07. The molecule has 1 N–H and O–H groups in total. The Balaban J connectivity index is 2.23. The van der Waals surface area contributed by atoms with Gasteiger partial charge in [0.15, 0.2) is 0 Å². The third-order valence-corrected chi connectivity index (χ3v) is 2.63. The molecule has 0 aliphatic rings. The van der Waals surface area contributed by atoms with Crippen LogP contribution in [-0.4, -0.2) is 19.9 Å². The Labute approximate surface area is 85.8 Å². The molecule has 0 radical (unpaired) electrons. The van der Waals surface area contributed by atoms with Crippen LogP contribution in [0.4, 0.5) is 0 Å². The molecule has 0 saturated carbocycles. The van der Waals surface area contributed by atoms with Gasteiger partial charge in [-0.25, -0.2) is 4.98 Å². The number of aromatic nitrogens is 3. The van der Waals surface area contributed by atoms with E-state index in [4.69, 9.17) is 0 Å². The van der Waals surface area contributed by atoms with E-state index >= 15 is 0 Å². The number of thiazole rings is 1. The standard InChI is InChI=1S/C9H11N3OS/c1-2-12-4-7(3-11-12)9(13)8-5-14-6-10-8/h3-6,9,13H,2H2,1H3. The van der Waals surface area contributed by atoms with Crippen LogP contribution in [0, 0.1) is 0 Å². The Morgan fingerprint density at radius 1 is 1.64 bits per heavy atom. The van der Waals surface area contributed by atoms with Crippen LogP contribution in [0.15, 0.2) is 23.3 Å². The van der Waals surface area contributed by atoms with E-state index in [0.717, 1.165) is 12.1 Å². The number of nitrogens with zero attached hydrogens (tertiary/aromatic N) is 3. The number of hydrogen-bond acceptors (Lipinski definition) is 4. The Morgan fingerprint density at radius 2 is 2.50 bits per heavy atom. The Hall–Kier alpha value is -1.20. The lowest BCUT2D eigenvalue weighted by Crippen LogP contribution is -1.98. The molecule has 2 rings (SSSR count). The molecule has 4 nitrogen and oxygen atoms in total. The molecule has 2 aromatic heterocycles. The third kappa shape index (κ3) is 1.69. The average molecular weight is 209 g/mol. The molecule has 74 valence electrons. The second-order valence-corrected chi connectivity index (χ2v) is 3.66. The van der Waals surface area contributed by atoms with Crippen molar-refractivity contribution in [2.75, 3.05) is 0 Å². The topological polar surface area (TPSA) is 50.9 Å². The van der Waals surface area contributed by atoms with Crippen molar-refractivity contribution in [1.29, 1.82) is 0 Å². The highest BCUT2D eigenvalue weighted by Crippen LogP contribution is 2.20. The molecule has 0 bridgehead atoms. The van der Waals surface area contributed by atoms with Crippen LogP contribution in [0.3, 0.4) is 0 Å². The summed E-state index contributed by atoms with van der Waals surface area (Å²) in [6.45, 7) is 2.82. The summed E-state index contributed by atoms with van der Waals surface area (Å²) < 4.78 is 1.78. The van der Waals surface area contributed by atoms with E-state index in [1.807, 2.05) is 18.5 Å². The zero-order chi connectivity index (χ0) is 9.97. The summed E-state index contributed by atoms with van der Waals surface area (Å²) in [5, 5.41) is 15.8. The highest BCUT2D eigenvalue weighted by Gasteiger charge is 2.13.